The maximum Gasteiger partial charge on any atom is 0.333 e. The summed E-state index contributed by atoms with van der Waals surface area (Å²) in [5.74, 6) is 0.368. The molecule has 0 saturated heterocycles. The SMILES string of the molecule is OC1CCCC(CNc2cc(Cl)ncc2-c2ccn(C(F)F)n2)C1. The topological polar surface area (TPSA) is 63.0 Å². The van der Waals surface area contributed by atoms with Crippen LogP contribution in [0.3, 0.4) is 0 Å². The van der Waals surface area contributed by atoms with E-state index in [-0.39, 0.29) is 6.10 Å². The summed E-state index contributed by atoms with van der Waals surface area (Å²) in [5, 5.41) is 17.3. The molecule has 0 aromatic carbocycles. The molecule has 0 aliphatic heterocycles. The van der Waals surface area contributed by atoms with Crippen LogP contribution in [0.5, 0.6) is 0 Å². The van der Waals surface area contributed by atoms with Crippen LogP contribution in [0.25, 0.3) is 11.3 Å². The highest BCUT2D eigenvalue weighted by Crippen LogP contribution is 2.30. The van der Waals surface area contributed by atoms with E-state index < -0.39 is 6.55 Å². The van der Waals surface area contributed by atoms with E-state index in [9.17, 15) is 13.9 Å². The lowest BCUT2D eigenvalue weighted by Crippen LogP contribution is -2.25. The number of nitrogens with zero attached hydrogens (tertiary/aromatic N) is 3. The summed E-state index contributed by atoms with van der Waals surface area (Å²) in [5.41, 5.74) is 1.73. The molecule has 0 amide bonds. The van der Waals surface area contributed by atoms with Gasteiger partial charge in [-0.2, -0.15) is 13.9 Å². The molecule has 130 valence electrons. The number of halogens is 3. The Morgan fingerprint density at radius 1 is 1.42 bits per heavy atom. The Labute approximate surface area is 143 Å². The van der Waals surface area contributed by atoms with E-state index in [1.165, 1.54) is 18.5 Å². The fourth-order valence-electron chi connectivity index (χ4n) is 3.07. The third-order valence-electron chi connectivity index (χ3n) is 4.29. The number of aromatic nitrogens is 3. The second-order valence-corrected chi connectivity index (χ2v) is 6.47. The van der Waals surface area contributed by atoms with Crippen molar-refractivity contribution in [3.05, 3.63) is 29.7 Å². The minimum absolute atomic E-state index is 0.243. The molecule has 0 bridgehead atoms. The molecule has 8 heteroatoms. The Balaban J connectivity index is 1.77. The monoisotopic (exact) mass is 356 g/mol. The summed E-state index contributed by atoms with van der Waals surface area (Å²) in [7, 11) is 0. The van der Waals surface area contributed by atoms with Crippen molar-refractivity contribution in [2.24, 2.45) is 5.92 Å². The van der Waals surface area contributed by atoms with E-state index in [2.05, 4.69) is 15.4 Å². The van der Waals surface area contributed by atoms with Gasteiger partial charge in [0.15, 0.2) is 0 Å². The standard InChI is InChI=1S/C16H19ClF2N4O/c17-15-7-14(20-8-10-2-1-3-11(24)6-10)12(9-21-15)13-4-5-23(22-13)16(18)19/h4-5,7,9-11,16,24H,1-3,6,8H2,(H,20,21). The number of aliphatic hydroxyl groups excluding tert-OH is 1. The van der Waals surface area contributed by atoms with Crippen molar-refractivity contribution in [1.29, 1.82) is 0 Å². The highest BCUT2D eigenvalue weighted by atomic mass is 35.5. The number of nitrogens with one attached hydrogen (secondary N) is 1. The Morgan fingerprint density at radius 3 is 2.96 bits per heavy atom. The molecule has 1 saturated carbocycles. The molecule has 3 rings (SSSR count). The van der Waals surface area contributed by atoms with E-state index in [1.54, 1.807) is 6.07 Å². The first kappa shape index (κ1) is 17.1. The van der Waals surface area contributed by atoms with E-state index >= 15 is 0 Å². The van der Waals surface area contributed by atoms with Gasteiger partial charge in [0.1, 0.15) is 5.15 Å². The van der Waals surface area contributed by atoms with E-state index in [0.717, 1.165) is 25.7 Å². The van der Waals surface area contributed by atoms with Crippen molar-refractivity contribution in [1.82, 2.24) is 14.8 Å². The van der Waals surface area contributed by atoms with Gasteiger partial charge >= 0.3 is 6.55 Å². The minimum atomic E-state index is -2.68. The molecule has 2 N–H and O–H groups in total. The lowest BCUT2D eigenvalue weighted by molar-refractivity contribution is 0.0568. The number of hydrogen-bond donors (Lipinski definition) is 2. The molecule has 2 heterocycles. The van der Waals surface area contributed by atoms with Crippen LogP contribution in [0, 0.1) is 5.92 Å². The molecule has 0 radical (unpaired) electrons. The fourth-order valence-corrected chi connectivity index (χ4v) is 3.23. The molecular formula is C16H19ClF2N4O. The average Bonchev–Trinajstić information content (AvgIpc) is 3.03. The first-order valence-corrected chi connectivity index (χ1v) is 8.32. The van der Waals surface area contributed by atoms with Crippen molar-refractivity contribution < 1.29 is 13.9 Å². The van der Waals surface area contributed by atoms with Gasteiger partial charge in [0.25, 0.3) is 0 Å². The van der Waals surface area contributed by atoms with Crippen LogP contribution in [-0.2, 0) is 0 Å². The number of hydrogen-bond acceptors (Lipinski definition) is 4. The van der Waals surface area contributed by atoms with E-state index in [0.29, 0.717) is 39.2 Å². The molecule has 0 spiro atoms. The van der Waals surface area contributed by atoms with Crippen LogP contribution in [0.2, 0.25) is 5.15 Å². The van der Waals surface area contributed by atoms with Gasteiger partial charge in [0.05, 0.1) is 11.8 Å². The molecule has 5 nitrogen and oxygen atoms in total. The highest BCUT2D eigenvalue weighted by Gasteiger charge is 2.20. The van der Waals surface area contributed by atoms with Crippen LogP contribution in [-0.4, -0.2) is 32.5 Å². The molecular weight excluding hydrogens is 338 g/mol. The van der Waals surface area contributed by atoms with Gasteiger partial charge in [-0.25, -0.2) is 9.67 Å². The molecule has 1 fully saturated rings. The van der Waals surface area contributed by atoms with Crippen LogP contribution in [0.1, 0.15) is 32.2 Å². The van der Waals surface area contributed by atoms with Crippen LogP contribution in [0.4, 0.5) is 14.5 Å². The van der Waals surface area contributed by atoms with Crippen molar-refractivity contribution >= 4 is 17.3 Å². The number of anilines is 1. The highest BCUT2D eigenvalue weighted by molar-refractivity contribution is 6.29. The van der Waals surface area contributed by atoms with Gasteiger partial charge < -0.3 is 10.4 Å². The predicted molar refractivity (Wildman–Crippen MR) is 88.2 cm³/mol. The normalized spacial score (nSPS) is 21.2. The molecule has 2 aromatic heterocycles. The first-order chi connectivity index (χ1) is 11.5. The van der Waals surface area contributed by atoms with Crippen molar-refractivity contribution in [2.45, 2.75) is 38.3 Å². The van der Waals surface area contributed by atoms with Gasteiger partial charge in [-0.15, -0.1) is 0 Å². The summed E-state index contributed by atoms with van der Waals surface area (Å²) in [6.45, 7) is -2.00. The Bertz CT molecular complexity index is 694. The quantitative estimate of drug-likeness (QED) is 0.796. The van der Waals surface area contributed by atoms with Gasteiger partial charge in [-0.05, 0) is 37.3 Å². The average molecular weight is 357 g/mol. The predicted octanol–water partition coefficient (Wildman–Crippen LogP) is 3.96. The number of rotatable bonds is 5. The zero-order chi connectivity index (χ0) is 17.1. The summed E-state index contributed by atoms with van der Waals surface area (Å²) < 4.78 is 26.0. The van der Waals surface area contributed by atoms with Gasteiger partial charge in [-0.3, -0.25) is 0 Å². The van der Waals surface area contributed by atoms with Gasteiger partial charge in [0.2, 0.25) is 0 Å². The molecule has 2 atom stereocenters. The van der Waals surface area contributed by atoms with Crippen LogP contribution < -0.4 is 5.32 Å². The second-order valence-electron chi connectivity index (χ2n) is 6.08. The largest absolute Gasteiger partial charge is 0.393 e. The number of alkyl halides is 2. The summed E-state index contributed by atoms with van der Waals surface area (Å²) in [6.07, 6.45) is 6.20. The first-order valence-electron chi connectivity index (χ1n) is 7.94. The summed E-state index contributed by atoms with van der Waals surface area (Å²) in [6, 6.07) is 3.18. The third-order valence-corrected chi connectivity index (χ3v) is 4.50. The second kappa shape index (κ2) is 7.44. The Morgan fingerprint density at radius 2 is 2.25 bits per heavy atom. The van der Waals surface area contributed by atoms with Crippen molar-refractivity contribution in [3.8, 4) is 11.3 Å². The Kier molecular flexibility index (Phi) is 5.30. The van der Waals surface area contributed by atoms with Crippen molar-refractivity contribution in [3.63, 3.8) is 0 Å². The minimum Gasteiger partial charge on any atom is -0.393 e. The number of aliphatic hydroxyl groups is 1. The van der Waals surface area contributed by atoms with Crippen LogP contribution in [0.15, 0.2) is 24.5 Å². The van der Waals surface area contributed by atoms with Crippen molar-refractivity contribution in [2.75, 3.05) is 11.9 Å². The maximum atomic E-state index is 12.7. The third kappa shape index (κ3) is 4.02. The van der Waals surface area contributed by atoms with E-state index in [4.69, 9.17) is 11.6 Å². The zero-order valence-corrected chi connectivity index (χ0v) is 13.8. The van der Waals surface area contributed by atoms with E-state index in [1.807, 2.05) is 0 Å². The Hall–Kier alpha value is -1.73. The fraction of sp³-hybridized carbons (Fsp3) is 0.500. The molecule has 1 aliphatic carbocycles. The molecule has 2 unspecified atom stereocenters. The number of pyridine rings is 1. The lowest BCUT2D eigenvalue weighted by atomic mass is 9.87. The summed E-state index contributed by atoms with van der Waals surface area (Å²) >= 11 is 5.97. The maximum absolute atomic E-state index is 12.7. The lowest BCUT2D eigenvalue weighted by Gasteiger charge is -2.26. The molecule has 1 aliphatic rings. The summed E-state index contributed by atoms with van der Waals surface area (Å²) in [4.78, 5) is 4.03. The van der Waals surface area contributed by atoms with Crippen LogP contribution >= 0.6 is 11.6 Å². The smallest absolute Gasteiger partial charge is 0.333 e. The van der Waals surface area contributed by atoms with Gasteiger partial charge in [-0.1, -0.05) is 18.0 Å². The zero-order valence-electron chi connectivity index (χ0n) is 13.0. The molecule has 24 heavy (non-hydrogen) atoms. The molecule has 2 aromatic rings. The van der Waals surface area contributed by atoms with Gasteiger partial charge in [0, 0.05) is 30.2 Å².